The normalized spacial score (nSPS) is 21.2. The zero-order chi connectivity index (χ0) is 51.8. The molecule has 5 N–H and O–H groups in total. The van der Waals surface area contributed by atoms with Gasteiger partial charge in [-0.2, -0.15) is 5.10 Å². The third-order valence-electron chi connectivity index (χ3n) is 15.2. The minimum atomic E-state index is -3.87. The second kappa shape index (κ2) is 21.0. The van der Waals surface area contributed by atoms with Crippen molar-refractivity contribution >= 4 is 61.8 Å². The zero-order valence-electron chi connectivity index (χ0n) is 42.7. The Bertz CT molecular complexity index is 2990. The maximum absolute atomic E-state index is 14.6. The predicted octanol–water partition coefficient (Wildman–Crippen LogP) is 4.86. The molecule has 3 aromatic heterocycles. The second-order valence-electron chi connectivity index (χ2n) is 20.9. The number of carbonyl (C=O) groups is 4. The lowest BCUT2D eigenvalue weighted by Crippen LogP contribution is -2.62. The summed E-state index contributed by atoms with van der Waals surface area (Å²) in [6, 6.07) is 8.56. The van der Waals surface area contributed by atoms with Gasteiger partial charge in [-0.25, -0.2) is 28.4 Å². The molecular weight excluding hydrogens is 951 g/mol. The summed E-state index contributed by atoms with van der Waals surface area (Å²) in [5.74, 6) is 0.535. The molecule has 388 valence electrons. The van der Waals surface area contributed by atoms with Crippen LogP contribution in [-0.2, 0) is 30.6 Å². The first-order valence-corrected chi connectivity index (χ1v) is 26.9. The van der Waals surface area contributed by atoms with Gasteiger partial charge in [0.05, 0.1) is 47.9 Å². The van der Waals surface area contributed by atoms with E-state index in [-0.39, 0.29) is 59.9 Å². The van der Waals surface area contributed by atoms with Gasteiger partial charge < -0.3 is 40.7 Å². The molecule has 3 aliphatic heterocycles. The van der Waals surface area contributed by atoms with Gasteiger partial charge in [-0.15, -0.1) is 0 Å². The number of piperidine rings is 1. The lowest BCUT2D eigenvalue weighted by Gasteiger charge is -2.39. The van der Waals surface area contributed by atoms with E-state index in [1.165, 1.54) is 18.1 Å². The van der Waals surface area contributed by atoms with Gasteiger partial charge in [-0.05, 0) is 123 Å². The van der Waals surface area contributed by atoms with Gasteiger partial charge in [-0.1, -0.05) is 24.3 Å². The summed E-state index contributed by atoms with van der Waals surface area (Å²) < 4.78 is 33.4. The van der Waals surface area contributed by atoms with Gasteiger partial charge in [-0.3, -0.25) is 24.3 Å². The third-order valence-corrected chi connectivity index (χ3v) is 17.7. The SMILES string of the molecule is CN[C@@H](C)C(=O)N[C@H]1CN(C(=O)c2cnc(N3CCC(COc4cc5ncnc(Nc6n[nH]c(C)c6C)c5cc4S(=O)(=O)C(C)(C)C)CC3)cn2)CC[C@H]2CC[C@@H](C(=O)N[C@@H]3CCCc4ccccc43)N2C1=O. The maximum atomic E-state index is 14.6. The smallest absolute Gasteiger partial charge is 0.274 e. The van der Waals surface area contributed by atoms with Gasteiger partial charge in [0.15, 0.2) is 15.7 Å². The number of hydrogen-bond donors (Lipinski definition) is 5. The number of likely N-dealkylation sites (N-methyl/N-ethyl adjacent to an activating group) is 1. The Morgan fingerprint density at radius 1 is 0.904 bits per heavy atom. The van der Waals surface area contributed by atoms with Crippen LogP contribution in [0, 0.1) is 19.8 Å². The average Bonchev–Trinajstić information content (AvgIpc) is 3.96. The quantitative estimate of drug-likeness (QED) is 0.106. The summed E-state index contributed by atoms with van der Waals surface area (Å²) in [7, 11) is -2.22. The van der Waals surface area contributed by atoms with E-state index in [9.17, 15) is 27.6 Å². The number of aromatic nitrogens is 6. The highest BCUT2D eigenvalue weighted by Gasteiger charge is 2.46. The van der Waals surface area contributed by atoms with E-state index in [0.717, 1.165) is 48.9 Å². The predicted molar refractivity (Wildman–Crippen MR) is 275 cm³/mol. The zero-order valence-corrected chi connectivity index (χ0v) is 43.5. The number of nitrogens with one attached hydrogen (secondary N) is 5. The monoisotopic (exact) mass is 1020 g/mol. The first kappa shape index (κ1) is 51.2. The fourth-order valence-electron chi connectivity index (χ4n) is 10.4. The number of H-pyrrole nitrogens is 1. The number of sulfone groups is 1. The molecule has 3 saturated heterocycles. The third kappa shape index (κ3) is 10.6. The number of aryl methyl sites for hydroxylation is 2. The topological polar surface area (TPSA) is 250 Å². The summed E-state index contributed by atoms with van der Waals surface area (Å²) in [6.45, 7) is 12.2. The van der Waals surface area contributed by atoms with Gasteiger partial charge in [0.1, 0.15) is 46.4 Å². The Labute approximate surface area is 426 Å². The molecule has 20 nitrogen and oxygen atoms in total. The van der Waals surface area contributed by atoms with Gasteiger partial charge >= 0.3 is 0 Å². The highest BCUT2D eigenvalue weighted by Crippen LogP contribution is 2.39. The molecule has 3 fully saturated rings. The van der Waals surface area contributed by atoms with Crippen molar-refractivity contribution in [1.82, 2.24) is 55.9 Å². The number of fused-ring (bicyclic) bond motifs is 3. The summed E-state index contributed by atoms with van der Waals surface area (Å²) in [4.78, 5) is 79.7. The molecule has 5 atom stereocenters. The van der Waals surface area contributed by atoms with Crippen LogP contribution in [0.4, 0.5) is 17.5 Å². The van der Waals surface area contributed by atoms with Crippen LogP contribution in [0.1, 0.15) is 112 Å². The van der Waals surface area contributed by atoms with Crippen molar-refractivity contribution in [1.29, 1.82) is 0 Å². The molecule has 6 heterocycles. The lowest BCUT2D eigenvalue weighted by atomic mass is 9.87. The van der Waals surface area contributed by atoms with E-state index in [2.05, 4.69) is 68.4 Å². The van der Waals surface area contributed by atoms with Crippen LogP contribution in [0.15, 0.2) is 60.0 Å². The minimum absolute atomic E-state index is 0.0592. The van der Waals surface area contributed by atoms with Crippen LogP contribution in [0.2, 0.25) is 0 Å². The lowest BCUT2D eigenvalue weighted by molar-refractivity contribution is -0.145. The largest absolute Gasteiger partial charge is 0.492 e. The van der Waals surface area contributed by atoms with E-state index < -0.39 is 50.4 Å². The molecule has 0 spiro atoms. The van der Waals surface area contributed by atoms with Crippen LogP contribution in [0.3, 0.4) is 0 Å². The Balaban J connectivity index is 0.847. The number of rotatable bonds is 13. The standard InChI is InChI=1S/C52H67N13O7S/c1-30-31(2)61-62-46(30)60-47-37-23-44(73(70,71)52(4,5)6)43(24-39(37)56-29-57-47)72-28-33-17-20-63(21-18-33)45-26-54-40(25-55-45)50(68)64-22-19-35-15-16-42(65(35)51(69)41(27-64)59-48(66)32(3)53-7)49(67)58-38-14-10-12-34-11-8-9-13-36(34)38/h8-9,11,13,23-26,29,32-33,35,38,41-42,53H,10,12,14-22,27-28H2,1-7H3,(H,58,67)(H,59,66)(H2,56,57,60,61,62)/t32-,35+,38+,41-,42-/m0/s1. The fourth-order valence-corrected chi connectivity index (χ4v) is 11.7. The number of nitrogens with zero attached hydrogens (tertiary/aromatic N) is 8. The first-order chi connectivity index (χ1) is 34.9. The van der Waals surface area contributed by atoms with Crippen molar-refractivity contribution in [2.45, 2.75) is 133 Å². The van der Waals surface area contributed by atoms with E-state index in [0.29, 0.717) is 60.7 Å². The van der Waals surface area contributed by atoms with Gasteiger partial charge in [0.2, 0.25) is 17.7 Å². The van der Waals surface area contributed by atoms with Gasteiger partial charge in [0, 0.05) is 48.4 Å². The molecule has 0 unspecified atom stereocenters. The van der Waals surface area contributed by atoms with Crippen molar-refractivity contribution in [3.8, 4) is 5.75 Å². The van der Waals surface area contributed by atoms with Crippen LogP contribution >= 0.6 is 0 Å². The number of anilines is 3. The van der Waals surface area contributed by atoms with Crippen LogP contribution in [-0.4, -0.2) is 141 Å². The number of carbonyl (C=O) groups excluding carboxylic acids is 4. The Hall–Kier alpha value is -6.74. The average molecular weight is 1020 g/mol. The number of hydrogen-bond acceptors (Lipinski definition) is 15. The highest BCUT2D eigenvalue weighted by atomic mass is 32.2. The summed E-state index contributed by atoms with van der Waals surface area (Å²) in [6.07, 6.45) is 10.2. The molecule has 73 heavy (non-hydrogen) atoms. The summed E-state index contributed by atoms with van der Waals surface area (Å²) in [5.41, 5.74) is 4.77. The summed E-state index contributed by atoms with van der Waals surface area (Å²) in [5, 5.41) is 20.1. The van der Waals surface area contributed by atoms with E-state index >= 15 is 0 Å². The van der Waals surface area contributed by atoms with Crippen LogP contribution in [0.5, 0.6) is 5.75 Å². The van der Waals surface area contributed by atoms with Crippen molar-refractivity contribution in [2.75, 3.05) is 50.1 Å². The number of ether oxygens (including phenoxy) is 1. The Kier molecular flexibility index (Phi) is 14.7. The number of aromatic amines is 1. The molecule has 0 radical (unpaired) electrons. The number of amides is 4. The summed E-state index contributed by atoms with van der Waals surface area (Å²) >= 11 is 0. The van der Waals surface area contributed by atoms with Crippen molar-refractivity contribution in [2.24, 2.45) is 5.92 Å². The molecule has 1 aliphatic carbocycles. The second-order valence-corrected chi connectivity index (χ2v) is 23.5. The fraction of sp³-hybridized carbons (Fsp3) is 0.519. The van der Waals surface area contributed by atoms with Gasteiger partial charge in [0.25, 0.3) is 5.91 Å². The molecule has 5 aromatic rings. The van der Waals surface area contributed by atoms with Crippen molar-refractivity contribution in [3.63, 3.8) is 0 Å². The molecule has 21 heteroatoms. The molecule has 0 bridgehead atoms. The number of benzene rings is 2. The van der Waals surface area contributed by atoms with E-state index in [1.807, 2.05) is 26.0 Å². The van der Waals surface area contributed by atoms with Crippen molar-refractivity contribution in [3.05, 3.63) is 83.2 Å². The van der Waals surface area contributed by atoms with Crippen LogP contribution in [0.25, 0.3) is 10.9 Å². The molecular formula is C52H67N13O7S. The molecule has 4 amide bonds. The molecule has 4 aliphatic rings. The van der Waals surface area contributed by atoms with Crippen LogP contribution < -0.4 is 30.9 Å². The highest BCUT2D eigenvalue weighted by molar-refractivity contribution is 7.92. The van der Waals surface area contributed by atoms with E-state index in [1.54, 1.807) is 62.9 Å². The molecule has 9 rings (SSSR count). The Morgan fingerprint density at radius 2 is 1.68 bits per heavy atom. The molecule has 0 saturated carbocycles. The maximum Gasteiger partial charge on any atom is 0.274 e. The Morgan fingerprint density at radius 3 is 2.40 bits per heavy atom. The van der Waals surface area contributed by atoms with E-state index in [4.69, 9.17) is 4.74 Å². The van der Waals surface area contributed by atoms with Crippen molar-refractivity contribution < 1.29 is 32.3 Å². The minimum Gasteiger partial charge on any atom is -0.492 e. The molecule has 2 aromatic carbocycles. The first-order valence-electron chi connectivity index (χ1n) is 25.4.